The summed E-state index contributed by atoms with van der Waals surface area (Å²) in [7, 11) is 3.23. The summed E-state index contributed by atoms with van der Waals surface area (Å²) in [6.45, 7) is 0. The number of thioether (sulfide) groups is 2. The van der Waals surface area contributed by atoms with Gasteiger partial charge in [0.25, 0.3) is 0 Å². The van der Waals surface area contributed by atoms with Crippen LogP contribution in [0.5, 0.6) is 17.2 Å². The van der Waals surface area contributed by atoms with E-state index in [1.165, 1.54) is 5.56 Å². The average molecular weight is 391 g/mol. The third-order valence-electron chi connectivity index (χ3n) is 4.10. The van der Waals surface area contributed by atoms with Crippen LogP contribution in [0.25, 0.3) is 0 Å². The number of hydrogen-bond donors (Lipinski definition) is 0. The largest absolute Gasteiger partial charge is 0.496 e. The van der Waals surface area contributed by atoms with E-state index >= 15 is 0 Å². The zero-order chi connectivity index (χ0) is 18.4. The van der Waals surface area contributed by atoms with Crippen LogP contribution in [-0.4, -0.2) is 31.7 Å². The van der Waals surface area contributed by atoms with Gasteiger partial charge in [0.15, 0.2) is 11.5 Å². The molecule has 4 nitrogen and oxygen atoms in total. The van der Waals surface area contributed by atoms with Crippen LogP contribution < -0.4 is 14.2 Å². The number of benzene rings is 2. The molecule has 0 amide bonds. The highest BCUT2D eigenvalue weighted by atomic mass is 32.2. The third-order valence-corrected chi connectivity index (χ3v) is 7.20. The second-order valence-electron chi connectivity index (χ2n) is 5.77. The molecule has 1 aliphatic heterocycles. The first-order valence-corrected chi connectivity index (χ1v) is 10.5. The summed E-state index contributed by atoms with van der Waals surface area (Å²) in [4.78, 5) is 12.3. The molecule has 1 saturated heterocycles. The molecule has 0 bridgehead atoms. The maximum atomic E-state index is 12.3. The number of esters is 1. The van der Waals surface area contributed by atoms with Crippen molar-refractivity contribution in [2.75, 3.05) is 25.7 Å². The molecule has 2 aromatic carbocycles. The summed E-state index contributed by atoms with van der Waals surface area (Å²) in [6.07, 6.45) is 0.845. The van der Waals surface area contributed by atoms with Crippen molar-refractivity contribution in [1.82, 2.24) is 0 Å². The molecular formula is C20H22O4S2. The number of aryl methyl sites for hydroxylation is 1. The van der Waals surface area contributed by atoms with Crippen LogP contribution in [0.15, 0.2) is 42.5 Å². The van der Waals surface area contributed by atoms with Gasteiger partial charge in [-0.05, 0) is 35.7 Å². The minimum absolute atomic E-state index is 0.277. The van der Waals surface area contributed by atoms with Crippen molar-refractivity contribution < 1.29 is 19.0 Å². The van der Waals surface area contributed by atoms with E-state index in [0.717, 1.165) is 22.8 Å². The Hall–Kier alpha value is -1.79. The van der Waals surface area contributed by atoms with E-state index in [1.807, 2.05) is 66.0 Å². The van der Waals surface area contributed by atoms with Gasteiger partial charge in [0, 0.05) is 11.5 Å². The summed E-state index contributed by atoms with van der Waals surface area (Å²) < 4.78 is 16.7. The Morgan fingerprint density at radius 3 is 2.46 bits per heavy atom. The summed E-state index contributed by atoms with van der Waals surface area (Å²) in [5.41, 5.74) is 2.19. The smallest absolute Gasteiger partial charge is 0.311 e. The fourth-order valence-corrected chi connectivity index (χ4v) is 5.62. The van der Waals surface area contributed by atoms with E-state index in [0.29, 0.717) is 22.5 Å². The minimum atomic E-state index is -0.286. The summed E-state index contributed by atoms with van der Waals surface area (Å²) >= 11 is 3.86. The molecule has 26 heavy (non-hydrogen) atoms. The van der Waals surface area contributed by atoms with Crippen LogP contribution >= 0.6 is 23.5 Å². The zero-order valence-electron chi connectivity index (χ0n) is 14.9. The molecule has 0 unspecified atom stereocenters. The predicted octanol–water partition coefficient (Wildman–Crippen LogP) is 4.72. The van der Waals surface area contributed by atoms with Gasteiger partial charge >= 0.3 is 5.97 Å². The fraction of sp³-hybridized carbons (Fsp3) is 0.350. The zero-order valence-corrected chi connectivity index (χ0v) is 16.5. The van der Waals surface area contributed by atoms with Gasteiger partial charge in [-0.15, -0.1) is 23.5 Å². The molecule has 3 rings (SSSR count). The molecule has 0 atom stereocenters. The van der Waals surface area contributed by atoms with Crippen molar-refractivity contribution in [2.24, 2.45) is 0 Å². The standard InChI is InChI=1S/C20H22O4S2/c1-22-16-6-4-3-5-14(16)8-10-19(21)24-17-9-7-15(13-18(17)23-2)20-25-11-12-26-20/h3-7,9,13,20H,8,10-12H2,1-2H3. The normalized spacial score (nSPS) is 14.2. The van der Waals surface area contributed by atoms with E-state index in [9.17, 15) is 4.79 Å². The molecule has 0 aliphatic carbocycles. The Morgan fingerprint density at radius 1 is 1.00 bits per heavy atom. The highest BCUT2D eigenvalue weighted by molar-refractivity contribution is 8.19. The Bertz CT molecular complexity index is 757. The predicted molar refractivity (Wildman–Crippen MR) is 108 cm³/mol. The lowest BCUT2D eigenvalue weighted by Crippen LogP contribution is -2.10. The van der Waals surface area contributed by atoms with Gasteiger partial charge in [-0.1, -0.05) is 24.3 Å². The van der Waals surface area contributed by atoms with Gasteiger partial charge < -0.3 is 14.2 Å². The first kappa shape index (κ1) is 19.0. The van der Waals surface area contributed by atoms with E-state index in [2.05, 4.69) is 0 Å². The van der Waals surface area contributed by atoms with Crippen molar-refractivity contribution in [3.8, 4) is 17.2 Å². The molecule has 138 valence electrons. The molecule has 1 heterocycles. The molecule has 1 fully saturated rings. The number of hydrogen-bond acceptors (Lipinski definition) is 6. The van der Waals surface area contributed by atoms with Crippen molar-refractivity contribution >= 4 is 29.5 Å². The highest BCUT2D eigenvalue weighted by Crippen LogP contribution is 2.46. The number of methoxy groups -OCH3 is 2. The van der Waals surface area contributed by atoms with Crippen molar-refractivity contribution in [3.05, 3.63) is 53.6 Å². The quantitative estimate of drug-likeness (QED) is 0.503. The summed E-state index contributed by atoms with van der Waals surface area (Å²) in [5.74, 6) is 3.89. The van der Waals surface area contributed by atoms with Crippen LogP contribution in [0.2, 0.25) is 0 Å². The van der Waals surface area contributed by atoms with E-state index < -0.39 is 0 Å². The van der Waals surface area contributed by atoms with Crippen molar-refractivity contribution in [1.29, 1.82) is 0 Å². The Labute approximate surface area is 162 Å². The average Bonchev–Trinajstić information content (AvgIpc) is 3.21. The maximum Gasteiger partial charge on any atom is 0.311 e. The van der Waals surface area contributed by atoms with Crippen molar-refractivity contribution in [3.63, 3.8) is 0 Å². The Morgan fingerprint density at radius 2 is 1.73 bits per heavy atom. The molecule has 0 radical (unpaired) electrons. The van der Waals surface area contributed by atoms with Crippen LogP contribution in [-0.2, 0) is 11.2 Å². The molecule has 1 aliphatic rings. The van der Waals surface area contributed by atoms with Gasteiger partial charge in [0.2, 0.25) is 0 Å². The number of rotatable bonds is 7. The molecule has 0 saturated carbocycles. The SMILES string of the molecule is COc1ccccc1CCC(=O)Oc1ccc(C2SCCS2)cc1OC. The van der Waals surface area contributed by atoms with Gasteiger partial charge in [-0.2, -0.15) is 0 Å². The lowest BCUT2D eigenvalue weighted by Gasteiger charge is -2.14. The summed E-state index contributed by atoms with van der Waals surface area (Å²) in [5, 5.41) is 0. The Kier molecular flexibility index (Phi) is 6.74. The van der Waals surface area contributed by atoms with E-state index in [4.69, 9.17) is 14.2 Å². The topological polar surface area (TPSA) is 44.8 Å². The van der Waals surface area contributed by atoms with Gasteiger partial charge in [0.1, 0.15) is 5.75 Å². The lowest BCUT2D eigenvalue weighted by atomic mass is 10.1. The number of ether oxygens (including phenoxy) is 3. The molecule has 2 aromatic rings. The van der Waals surface area contributed by atoms with E-state index in [1.54, 1.807) is 14.2 Å². The molecule has 6 heteroatoms. The molecule has 0 spiro atoms. The fourth-order valence-electron chi connectivity index (χ4n) is 2.79. The second kappa shape index (κ2) is 9.24. The third kappa shape index (κ3) is 4.68. The highest BCUT2D eigenvalue weighted by Gasteiger charge is 2.20. The van der Waals surface area contributed by atoms with Crippen LogP contribution in [0.1, 0.15) is 22.1 Å². The molecule has 0 N–H and O–H groups in total. The number of carbonyl (C=O) groups is 1. The van der Waals surface area contributed by atoms with E-state index in [-0.39, 0.29) is 12.4 Å². The van der Waals surface area contributed by atoms with Gasteiger partial charge in [-0.25, -0.2) is 0 Å². The minimum Gasteiger partial charge on any atom is -0.496 e. The van der Waals surface area contributed by atoms with Crippen LogP contribution in [0, 0.1) is 0 Å². The maximum absolute atomic E-state index is 12.3. The molecule has 0 aromatic heterocycles. The lowest BCUT2D eigenvalue weighted by molar-refractivity contribution is -0.134. The number of para-hydroxylation sites is 1. The monoisotopic (exact) mass is 390 g/mol. The Balaban J connectivity index is 1.63. The first-order chi connectivity index (χ1) is 12.7. The second-order valence-corrected chi connectivity index (χ2v) is 8.49. The first-order valence-electron chi connectivity index (χ1n) is 8.45. The van der Waals surface area contributed by atoms with Gasteiger partial charge in [-0.3, -0.25) is 4.79 Å². The van der Waals surface area contributed by atoms with Crippen LogP contribution in [0.4, 0.5) is 0 Å². The van der Waals surface area contributed by atoms with Crippen LogP contribution in [0.3, 0.4) is 0 Å². The summed E-state index contributed by atoms with van der Waals surface area (Å²) in [6, 6.07) is 13.5. The van der Waals surface area contributed by atoms with Gasteiger partial charge in [0.05, 0.1) is 25.2 Å². The molecular weight excluding hydrogens is 368 g/mol. The number of carbonyl (C=O) groups excluding carboxylic acids is 1. The van der Waals surface area contributed by atoms with Crippen molar-refractivity contribution in [2.45, 2.75) is 17.4 Å².